The first kappa shape index (κ1) is 20.5. The molecule has 0 saturated carbocycles. The molecule has 1 aromatic heterocycles. The zero-order chi connectivity index (χ0) is 22.5. The van der Waals surface area contributed by atoms with Crippen molar-refractivity contribution in [3.05, 3.63) is 87.1 Å². The molecule has 4 aromatic rings. The van der Waals surface area contributed by atoms with Crippen molar-refractivity contribution in [2.45, 2.75) is 32.9 Å². The second-order valence-electron chi connectivity index (χ2n) is 8.66. The van der Waals surface area contributed by atoms with Crippen molar-refractivity contribution in [1.29, 1.82) is 0 Å². The number of benzene rings is 3. The molecule has 166 valence electrons. The van der Waals surface area contributed by atoms with E-state index in [0.29, 0.717) is 18.7 Å². The number of halogens is 1. The third kappa shape index (κ3) is 3.44. The van der Waals surface area contributed by atoms with Gasteiger partial charge < -0.3 is 9.47 Å². The zero-order valence-corrected chi connectivity index (χ0v) is 20.0. The fourth-order valence-electron chi connectivity index (χ4n) is 5.10. The average molecular weight is 504 g/mol. The van der Waals surface area contributed by atoms with E-state index in [0.717, 1.165) is 58.9 Å². The minimum Gasteiger partial charge on any atom is -0.493 e. The lowest BCUT2D eigenvalue weighted by Crippen LogP contribution is -2.38. The smallest absolute Gasteiger partial charge is 0.254 e. The van der Waals surface area contributed by atoms with Crippen LogP contribution < -0.4 is 14.0 Å². The number of ketones is 1. The van der Waals surface area contributed by atoms with Crippen LogP contribution in [0.25, 0.3) is 11.0 Å². The third-order valence-electron chi connectivity index (χ3n) is 6.79. The quantitative estimate of drug-likeness (QED) is 0.290. The average Bonchev–Trinajstić information content (AvgIpc) is 3.54. The Bertz CT molecular complexity index is 1370. The number of carbonyl (C=O) groups excluding carboxylic acids is 1. The lowest BCUT2D eigenvalue weighted by atomic mass is 9.99. The van der Waals surface area contributed by atoms with Gasteiger partial charge in [0.1, 0.15) is 18.0 Å². The van der Waals surface area contributed by atoms with Crippen molar-refractivity contribution in [3.63, 3.8) is 0 Å². The fourth-order valence-corrected chi connectivity index (χ4v) is 5.36. The molecular weight excluding hydrogens is 480 g/mol. The van der Waals surface area contributed by atoms with E-state index in [1.54, 1.807) is 0 Å². The number of hydrogen-bond donors (Lipinski definition) is 0. The molecule has 0 bridgehead atoms. The van der Waals surface area contributed by atoms with Gasteiger partial charge in [-0.2, -0.15) is 0 Å². The summed E-state index contributed by atoms with van der Waals surface area (Å²) in [7, 11) is 0. The van der Waals surface area contributed by atoms with Crippen LogP contribution in [0.4, 0.5) is 0 Å². The van der Waals surface area contributed by atoms with Crippen molar-refractivity contribution in [3.8, 4) is 11.5 Å². The number of para-hydroxylation sites is 2. The van der Waals surface area contributed by atoms with Gasteiger partial charge in [-0.3, -0.25) is 4.79 Å². The van der Waals surface area contributed by atoms with E-state index < -0.39 is 0 Å². The van der Waals surface area contributed by atoms with Gasteiger partial charge in [0.25, 0.3) is 5.82 Å². The highest BCUT2D eigenvalue weighted by Crippen LogP contribution is 2.40. The first-order chi connectivity index (χ1) is 16.1. The van der Waals surface area contributed by atoms with Gasteiger partial charge >= 0.3 is 0 Å². The molecule has 3 heterocycles. The third-order valence-corrected chi connectivity index (χ3v) is 7.32. The Hall–Kier alpha value is -3.12. The van der Waals surface area contributed by atoms with Gasteiger partial charge in [-0.25, -0.2) is 9.13 Å². The molecule has 5 nitrogen and oxygen atoms in total. The summed E-state index contributed by atoms with van der Waals surface area (Å²) in [6.45, 7) is 4.53. The van der Waals surface area contributed by atoms with E-state index >= 15 is 0 Å². The molecule has 0 atom stereocenters. The highest BCUT2D eigenvalue weighted by atomic mass is 79.9. The number of Topliss-reactive ketones (excluding diaryl/α,β-unsaturated/α-hetero) is 1. The minimum atomic E-state index is 0.0942. The van der Waals surface area contributed by atoms with Crippen LogP contribution in [0, 0.1) is 6.92 Å². The van der Waals surface area contributed by atoms with E-state index in [2.05, 4.69) is 56.3 Å². The standard InChI is InChI=1S/C27H24BrN2O3/c1-17-29(15-22-21-11-13-32-26(21)14-19-10-12-33-27(19)22)23-4-2-3-5-24(23)30(17)16-25(31)18-6-8-20(28)9-7-18/h2-9,14H,10-13,15-16H2,1H3/q+1. The van der Waals surface area contributed by atoms with E-state index in [4.69, 9.17) is 9.47 Å². The topological polar surface area (TPSA) is 44.3 Å². The van der Waals surface area contributed by atoms with Crippen LogP contribution in [-0.2, 0) is 25.9 Å². The monoisotopic (exact) mass is 503 g/mol. The van der Waals surface area contributed by atoms with Gasteiger partial charge in [0.2, 0.25) is 5.78 Å². The molecule has 0 amide bonds. The molecule has 0 spiro atoms. The summed E-state index contributed by atoms with van der Waals surface area (Å²) in [4.78, 5) is 13.1. The van der Waals surface area contributed by atoms with Gasteiger partial charge in [0.15, 0.2) is 17.6 Å². The summed E-state index contributed by atoms with van der Waals surface area (Å²) >= 11 is 3.44. The molecule has 0 aliphatic carbocycles. The SMILES string of the molecule is Cc1n(CC(=O)c2ccc(Br)cc2)c2ccccc2[n+]1Cc1c2c(cc3c1OCC3)OCC2. The Balaban J connectivity index is 1.44. The second-order valence-corrected chi connectivity index (χ2v) is 9.57. The van der Waals surface area contributed by atoms with Crippen LogP contribution in [0.1, 0.15) is 32.9 Å². The molecular formula is C27H24BrN2O3+. The Morgan fingerprint density at radius 2 is 1.85 bits per heavy atom. The van der Waals surface area contributed by atoms with Crippen molar-refractivity contribution in [2.75, 3.05) is 13.2 Å². The number of ether oxygens (including phenoxy) is 2. The number of fused-ring (bicyclic) bond motifs is 3. The van der Waals surface area contributed by atoms with Crippen LogP contribution in [0.15, 0.2) is 59.1 Å². The van der Waals surface area contributed by atoms with Crippen molar-refractivity contribution in [1.82, 2.24) is 4.57 Å². The van der Waals surface area contributed by atoms with Gasteiger partial charge in [0, 0.05) is 46.5 Å². The van der Waals surface area contributed by atoms with E-state index in [1.165, 1.54) is 16.7 Å². The summed E-state index contributed by atoms with van der Waals surface area (Å²) in [5, 5.41) is 0. The van der Waals surface area contributed by atoms with E-state index in [-0.39, 0.29) is 5.78 Å². The van der Waals surface area contributed by atoms with Crippen molar-refractivity contribution in [2.24, 2.45) is 0 Å². The van der Waals surface area contributed by atoms with Crippen LogP contribution in [0.5, 0.6) is 11.5 Å². The summed E-state index contributed by atoms with van der Waals surface area (Å²) in [6, 6.07) is 18.0. The number of rotatable bonds is 5. The molecule has 0 unspecified atom stereocenters. The summed E-state index contributed by atoms with van der Waals surface area (Å²) in [5.74, 6) is 3.16. The molecule has 2 aliphatic rings. The number of carbonyl (C=O) groups is 1. The molecule has 0 fully saturated rings. The van der Waals surface area contributed by atoms with Crippen molar-refractivity contribution >= 4 is 32.7 Å². The van der Waals surface area contributed by atoms with Crippen molar-refractivity contribution < 1.29 is 18.8 Å². The maximum atomic E-state index is 13.1. The summed E-state index contributed by atoms with van der Waals surface area (Å²) < 4.78 is 17.4. The molecule has 0 saturated heterocycles. The Morgan fingerprint density at radius 1 is 1.06 bits per heavy atom. The van der Waals surface area contributed by atoms with Gasteiger partial charge in [0.05, 0.1) is 13.2 Å². The zero-order valence-electron chi connectivity index (χ0n) is 18.4. The molecule has 6 rings (SSSR count). The number of imidazole rings is 1. The maximum absolute atomic E-state index is 13.1. The molecule has 2 aliphatic heterocycles. The predicted molar refractivity (Wildman–Crippen MR) is 129 cm³/mol. The lowest BCUT2D eigenvalue weighted by molar-refractivity contribution is -0.669. The largest absolute Gasteiger partial charge is 0.493 e. The predicted octanol–water partition coefficient (Wildman–Crippen LogP) is 4.80. The molecule has 0 radical (unpaired) electrons. The Labute approximate surface area is 200 Å². The number of hydrogen-bond acceptors (Lipinski definition) is 3. The minimum absolute atomic E-state index is 0.0942. The number of aromatic nitrogens is 2. The molecule has 0 N–H and O–H groups in total. The highest BCUT2D eigenvalue weighted by molar-refractivity contribution is 9.10. The van der Waals surface area contributed by atoms with Crippen LogP contribution in [0.3, 0.4) is 0 Å². The van der Waals surface area contributed by atoms with Crippen LogP contribution >= 0.6 is 15.9 Å². The van der Waals surface area contributed by atoms with E-state index in [1.807, 2.05) is 30.3 Å². The van der Waals surface area contributed by atoms with Gasteiger partial charge in [-0.15, -0.1) is 0 Å². The van der Waals surface area contributed by atoms with Crippen LogP contribution in [0.2, 0.25) is 0 Å². The Kier molecular flexibility index (Phi) is 4.98. The normalized spacial score (nSPS) is 14.1. The van der Waals surface area contributed by atoms with E-state index in [9.17, 15) is 4.79 Å². The summed E-state index contributed by atoms with van der Waals surface area (Å²) in [5.41, 5.74) is 6.59. The number of nitrogens with zero attached hydrogens (tertiary/aromatic N) is 2. The van der Waals surface area contributed by atoms with Gasteiger partial charge in [-0.05, 0) is 30.3 Å². The summed E-state index contributed by atoms with van der Waals surface area (Å²) in [6.07, 6.45) is 1.83. The molecule has 6 heteroatoms. The Morgan fingerprint density at radius 3 is 2.70 bits per heavy atom. The fraction of sp³-hybridized carbons (Fsp3) is 0.259. The molecule has 33 heavy (non-hydrogen) atoms. The lowest BCUT2D eigenvalue weighted by Gasteiger charge is -2.12. The van der Waals surface area contributed by atoms with Gasteiger partial charge in [-0.1, -0.05) is 40.2 Å². The molecule has 3 aromatic carbocycles. The second kappa shape index (κ2) is 8.03. The first-order valence-electron chi connectivity index (χ1n) is 11.3. The highest BCUT2D eigenvalue weighted by Gasteiger charge is 2.30. The maximum Gasteiger partial charge on any atom is 0.254 e. The van der Waals surface area contributed by atoms with Crippen LogP contribution in [-0.4, -0.2) is 23.6 Å². The first-order valence-corrected chi connectivity index (χ1v) is 12.1.